The molecule has 0 saturated carbocycles. The topological polar surface area (TPSA) is 66.4 Å². The van der Waals surface area contributed by atoms with E-state index in [0.717, 1.165) is 0 Å². The third-order valence-electron chi connectivity index (χ3n) is 3.45. The summed E-state index contributed by atoms with van der Waals surface area (Å²) in [6.07, 6.45) is -2.53. The molecule has 0 aromatic rings. The molecule has 0 unspecified atom stereocenters. The molecule has 0 aromatic heterocycles. The van der Waals surface area contributed by atoms with Gasteiger partial charge >= 0.3 is 0 Å². The molecule has 3 aliphatic rings. The van der Waals surface area contributed by atoms with E-state index in [1.165, 1.54) is 0 Å². The van der Waals surface area contributed by atoms with E-state index in [0.29, 0.717) is 6.61 Å². The summed E-state index contributed by atoms with van der Waals surface area (Å²) in [5.74, 6) is -1.35. The van der Waals surface area contributed by atoms with E-state index in [-0.39, 0.29) is 6.10 Å². The molecule has 104 valence electrons. The van der Waals surface area contributed by atoms with Crippen LogP contribution in [-0.4, -0.2) is 54.0 Å². The Bertz CT molecular complexity index is 341. The zero-order chi connectivity index (χ0) is 13.1. The normalized spacial score (nSPS) is 49.5. The fourth-order valence-electron chi connectivity index (χ4n) is 2.70. The van der Waals surface area contributed by atoms with Crippen LogP contribution in [0.2, 0.25) is 0 Å². The van der Waals surface area contributed by atoms with Crippen molar-refractivity contribution in [2.75, 3.05) is 6.61 Å². The molecule has 3 heterocycles. The number of aliphatic hydroxyl groups excluding tert-OH is 1. The molecule has 3 rings (SSSR count). The van der Waals surface area contributed by atoms with Crippen LogP contribution in [0.5, 0.6) is 0 Å². The van der Waals surface area contributed by atoms with Gasteiger partial charge < -0.3 is 28.8 Å². The van der Waals surface area contributed by atoms with E-state index in [1.54, 1.807) is 13.8 Å². The van der Waals surface area contributed by atoms with Crippen LogP contribution in [0.15, 0.2) is 0 Å². The highest BCUT2D eigenvalue weighted by Gasteiger charge is 2.57. The second-order valence-corrected chi connectivity index (χ2v) is 5.93. The Labute approximate surface area is 106 Å². The van der Waals surface area contributed by atoms with Crippen LogP contribution < -0.4 is 0 Å². The quantitative estimate of drug-likeness (QED) is 0.735. The lowest BCUT2D eigenvalue weighted by Crippen LogP contribution is -2.42. The van der Waals surface area contributed by atoms with Gasteiger partial charge in [0.05, 0.1) is 6.61 Å². The minimum absolute atomic E-state index is 0.295. The van der Waals surface area contributed by atoms with Crippen molar-refractivity contribution in [1.82, 2.24) is 0 Å². The fourth-order valence-corrected chi connectivity index (χ4v) is 2.70. The highest BCUT2D eigenvalue weighted by atomic mass is 16.8. The summed E-state index contributed by atoms with van der Waals surface area (Å²) in [4.78, 5) is 0. The van der Waals surface area contributed by atoms with Crippen molar-refractivity contribution in [3.05, 3.63) is 0 Å². The minimum Gasteiger partial charge on any atom is -0.387 e. The maximum atomic E-state index is 10.3. The van der Waals surface area contributed by atoms with Gasteiger partial charge in [0, 0.05) is 0 Å². The smallest absolute Gasteiger partial charge is 0.190 e. The summed E-state index contributed by atoms with van der Waals surface area (Å²) >= 11 is 0. The van der Waals surface area contributed by atoms with Crippen molar-refractivity contribution in [3.63, 3.8) is 0 Å². The maximum absolute atomic E-state index is 10.3. The van der Waals surface area contributed by atoms with Gasteiger partial charge in [0.15, 0.2) is 17.9 Å². The van der Waals surface area contributed by atoms with E-state index in [1.807, 2.05) is 13.8 Å². The molecular formula is C12H20O6. The first-order valence-corrected chi connectivity index (χ1v) is 6.28. The minimum atomic E-state index is -0.765. The fraction of sp³-hybridized carbons (Fsp3) is 1.00. The number of aliphatic hydroxyl groups is 1. The van der Waals surface area contributed by atoms with Gasteiger partial charge in [-0.1, -0.05) is 0 Å². The maximum Gasteiger partial charge on any atom is 0.190 e. The van der Waals surface area contributed by atoms with Gasteiger partial charge in [-0.25, -0.2) is 0 Å². The SMILES string of the molecule is CC1(C)O[C@H]2O[C@H]([C@@H]3COC(C)(C)O3)[C@@H](O)[C@@H]2O1. The van der Waals surface area contributed by atoms with Gasteiger partial charge in [-0.2, -0.15) is 0 Å². The molecule has 3 fully saturated rings. The largest absolute Gasteiger partial charge is 0.387 e. The zero-order valence-electron chi connectivity index (χ0n) is 11.1. The molecule has 5 atom stereocenters. The number of rotatable bonds is 1. The Morgan fingerprint density at radius 1 is 0.944 bits per heavy atom. The molecule has 0 bridgehead atoms. The van der Waals surface area contributed by atoms with E-state index >= 15 is 0 Å². The van der Waals surface area contributed by atoms with Gasteiger partial charge in [0.2, 0.25) is 0 Å². The van der Waals surface area contributed by atoms with E-state index in [4.69, 9.17) is 23.7 Å². The van der Waals surface area contributed by atoms with Crippen molar-refractivity contribution in [1.29, 1.82) is 0 Å². The van der Waals surface area contributed by atoms with Gasteiger partial charge in [-0.3, -0.25) is 0 Å². The Hall–Kier alpha value is -0.240. The van der Waals surface area contributed by atoms with Gasteiger partial charge in [0.25, 0.3) is 0 Å². The third-order valence-corrected chi connectivity index (χ3v) is 3.45. The first-order chi connectivity index (χ1) is 8.27. The Morgan fingerprint density at radius 2 is 1.67 bits per heavy atom. The number of hydrogen-bond acceptors (Lipinski definition) is 6. The first-order valence-electron chi connectivity index (χ1n) is 6.28. The predicted octanol–water partition coefficient (Wildman–Crippen LogP) is 0.375. The summed E-state index contributed by atoms with van der Waals surface area (Å²) in [6, 6.07) is 0. The van der Waals surface area contributed by atoms with E-state index < -0.39 is 36.2 Å². The average Bonchev–Trinajstić information content (AvgIpc) is 2.81. The molecule has 3 saturated heterocycles. The molecule has 0 radical (unpaired) electrons. The van der Waals surface area contributed by atoms with Crippen LogP contribution >= 0.6 is 0 Å². The molecule has 18 heavy (non-hydrogen) atoms. The Kier molecular flexibility index (Phi) is 2.75. The van der Waals surface area contributed by atoms with Gasteiger partial charge in [-0.05, 0) is 27.7 Å². The number of fused-ring (bicyclic) bond motifs is 1. The monoisotopic (exact) mass is 260 g/mol. The van der Waals surface area contributed by atoms with Gasteiger partial charge in [-0.15, -0.1) is 0 Å². The summed E-state index contributed by atoms with van der Waals surface area (Å²) < 4.78 is 28.1. The molecule has 0 aliphatic carbocycles. The van der Waals surface area contributed by atoms with Crippen LogP contribution in [0.4, 0.5) is 0 Å². The van der Waals surface area contributed by atoms with Crippen molar-refractivity contribution < 1.29 is 28.8 Å². The number of hydrogen-bond donors (Lipinski definition) is 1. The molecule has 3 aliphatic heterocycles. The second-order valence-electron chi connectivity index (χ2n) is 5.93. The second kappa shape index (κ2) is 3.88. The lowest BCUT2D eigenvalue weighted by molar-refractivity contribution is -0.232. The summed E-state index contributed by atoms with van der Waals surface area (Å²) in [6.45, 7) is 7.68. The van der Waals surface area contributed by atoms with E-state index in [2.05, 4.69) is 0 Å². The van der Waals surface area contributed by atoms with Gasteiger partial charge in [0.1, 0.15) is 24.4 Å². The summed E-state index contributed by atoms with van der Waals surface area (Å²) in [5, 5.41) is 10.3. The average molecular weight is 260 g/mol. The lowest BCUT2D eigenvalue weighted by Gasteiger charge is -2.26. The molecule has 6 nitrogen and oxygen atoms in total. The molecular weight excluding hydrogens is 240 g/mol. The lowest BCUT2D eigenvalue weighted by atomic mass is 10.1. The molecule has 0 amide bonds. The highest BCUT2D eigenvalue weighted by molar-refractivity contribution is 4.97. The third kappa shape index (κ3) is 2.07. The van der Waals surface area contributed by atoms with Crippen LogP contribution in [0.3, 0.4) is 0 Å². The van der Waals surface area contributed by atoms with Crippen molar-refractivity contribution in [3.8, 4) is 0 Å². The van der Waals surface area contributed by atoms with Crippen molar-refractivity contribution in [2.45, 2.75) is 70.0 Å². The van der Waals surface area contributed by atoms with Crippen LogP contribution in [-0.2, 0) is 23.7 Å². The van der Waals surface area contributed by atoms with Crippen LogP contribution in [0.25, 0.3) is 0 Å². The van der Waals surface area contributed by atoms with E-state index in [9.17, 15) is 5.11 Å². The summed E-state index contributed by atoms with van der Waals surface area (Å²) in [7, 11) is 0. The molecule has 0 spiro atoms. The highest BCUT2D eigenvalue weighted by Crippen LogP contribution is 2.40. The van der Waals surface area contributed by atoms with Crippen molar-refractivity contribution in [2.24, 2.45) is 0 Å². The number of ether oxygens (including phenoxy) is 5. The molecule has 1 N–H and O–H groups in total. The first kappa shape index (κ1) is 12.8. The summed E-state index contributed by atoms with van der Waals surface area (Å²) in [5.41, 5.74) is 0. The standard InChI is InChI=1S/C12H20O6/c1-11(2)14-5-6(16-11)8-7(13)9-10(15-8)18-12(3,4)17-9/h6-10,13H,5H2,1-4H3/t6-,7+,8+,9-,10+/m0/s1. The predicted molar refractivity (Wildman–Crippen MR) is 59.6 cm³/mol. The Balaban J connectivity index is 1.68. The van der Waals surface area contributed by atoms with Crippen LogP contribution in [0.1, 0.15) is 27.7 Å². The molecule has 0 aromatic carbocycles. The zero-order valence-corrected chi connectivity index (χ0v) is 11.1. The molecule has 6 heteroatoms. The Morgan fingerprint density at radius 3 is 2.22 bits per heavy atom. The van der Waals surface area contributed by atoms with Crippen molar-refractivity contribution >= 4 is 0 Å². The van der Waals surface area contributed by atoms with Crippen LogP contribution in [0, 0.1) is 0 Å².